The zero-order valence-electron chi connectivity index (χ0n) is 8.83. The Balaban J connectivity index is 2.50. The highest BCUT2D eigenvalue weighted by molar-refractivity contribution is 5.68. The van der Waals surface area contributed by atoms with Crippen LogP contribution in [0.15, 0.2) is 0 Å². The van der Waals surface area contributed by atoms with E-state index in [4.69, 9.17) is 5.11 Å². The number of hydrogen-bond donors (Lipinski definition) is 2. The van der Waals surface area contributed by atoms with Crippen molar-refractivity contribution in [2.24, 2.45) is 5.92 Å². The minimum absolute atomic E-state index is 0.0938. The zero-order chi connectivity index (χ0) is 10.6. The first-order valence-corrected chi connectivity index (χ1v) is 5.50. The SMILES string of the molecule is CCC1CCCC(O)(CC(=O)O)CC1. The summed E-state index contributed by atoms with van der Waals surface area (Å²) in [4.78, 5) is 10.6. The molecular formula is C11H20O3. The average Bonchev–Trinajstić information content (AvgIpc) is 2.26. The van der Waals surface area contributed by atoms with E-state index in [0.717, 1.165) is 25.7 Å². The summed E-state index contributed by atoms with van der Waals surface area (Å²) in [6, 6.07) is 0. The van der Waals surface area contributed by atoms with Crippen molar-refractivity contribution in [3.8, 4) is 0 Å². The lowest BCUT2D eigenvalue weighted by Crippen LogP contribution is -2.31. The van der Waals surface area contributed by atoms with Crippen LogP contribution in [0.5, 0.6) is 0 Å². The van der Waals surface area contributed by atoms with E-state index < -0.39 is 11.6 Å². The average molecular weight is 200 g/mol. The van der Waals surface area contributed by atoms with Crippen molar-refractivity contribution < 1.29 is 15.0 Å². The molecule has 0 saturated heterocycles. The van der Waals surface area contributed by atoms with Gasteiger partial charge in [0.1, 0.15) is 0 Å². The van der Waals surface area contributed by atoms with Gasteiger partial charge in [0.2, 0.25) is 0 Å². The van der Waals surface area contributed by atoms with Crippen LogP contribution in [-0.4, -0.2) is 21.8 Å². The number of carboxylic acid groups (broad SMARTS) is 1. The molecule has 0 aromatic rings. The van der Waals surface area contributed by atoms with Gasteiger partial charge in [-0.3, -0.25) is 4.79 Å². The van der Waals surface area contributed by atoms with Crippen LogP contribution in [0.1, 0.15) is 51.9 Å². The predicted octanol–water partition coefficient (Wildman–Crippen LogP) is 2.18. The van der Waals surface area contributed by atoms with E-state index in [2.05, 4.69) is 6.92 Å². The monoisotopic (exact) mass is 200 g/mol. The molecule has 1 saturated carbocycles. The van der Waals surface area contributed by atoms with Gasteiger partial charge < -0.3 is 10.2 Å². The van der Waals surface area contributed by atoms with Gasteiger partial charge in [0.15, 0.2) is 0 Å². The third-order valence-corrected chi connectivity index (χ3v) is 3.33. The second-order valence-electron chi connectivity index (χ2n) is 4.50. The molecule has 3 nitrogen and oxygen atoms in total. The fourth-order valence-corrected chi connectivity index (χ4v) is 2.33. The molecule has 0 aromatic carbocycles. The standard InChI is InChI=1S/C11H20O3/c1-2-9-4-3-6-11(14,7-5-9)8-10(12)13/h9,14H,2-8H2,1H3,(H,12,13). The molecule has 2 atom stereocenters. The predicted molar refractivity (Wildman–Crippen MR) is 54.1 cm³/mol. The van der Waals surface area contributed by atoms with Crippen molar-refractivity contribution in [1.29, 1.82) is 0 Å². The number of hydrogen-bond acceptors (Lipinski definition) is 2. The molecule has 1 aliphatic rings. The summed E-state index contributed by atoms with van der Waals surface area (Å²) >= 11 is 0. The van der Waals surface area contributed by atoms with Gasteiger partial charge >= 0.3 is 5.97 Å². The number of carbonyl (C=O) groups is 1. The summed E-state index contributed by atoms with van der Waals surface area (Å²) in [6.45, 7) is 2.16. The summed E-state index contributed by atoms with van der Waals surface area (Å²) in [6.07, 6.45) is 5.42. The topological polar surface area (TPSA) is 57.5 Å². The fourth-order valence-electron chi connectivity index (χ4n) is 2.33. The molecule has 82 valence electrons. The maximum atomic E-state index is 10.6. The summed E-state index contributed by atoms with van der Waals surface area (Å²) in [5, 5.41) is 18.7. The normalized spacial score (nSPS) is 33.7. The van der Waals surface area contributed by atoms with E-state index in [1.54, 1.807) is 0 Å². The van der Waals surface area contributed by atoms with Crippen molar-refractivity contribution in [3.63, 3.8) is 0 Å². The van der Waals surface area contributed by atoms with Gasteiger partial charge in [0.25, 0.3) is 0 Å². The summed E-state index contributed by atoms with van der Waals surface area (Å²) in [5.41, 5.74) is -0.935. The first-order valence-electron chi connectivity index (χ1n) is 5.50. The Bertz CT molecular complexity index is 203. The Hall–Kier alpha value is -0.570. The van der Waals surface area contributed by atoms with Gasteiger partial charge in [-0.15, -0.1) is 0 Å². The van der Waals surface area contributed by atoms with Crippen LogP contribution in [-0.2, 0) is 4.79 Å². The molecule has 0 amide bonds. The van der Waals surface area contributed by atoms with E-state index >= 15 is 0 Å². The van der Waals surface area contributed by atoms with Crippen molar-refractivity contribution in [1.82, 2.24) is 0 Å². The van der Waals surface area contributed by atoms with Crippen LogP contribution in [0.25, 0.3) is 0 Å². The van der Waals surface area contributed by atoms with Crippen molar-refractivity contribution >= 4 is 5.97 Å². The third-order valence-electron chi connectivity index (χ3n) is 3.33. The quantitative estimate of drug-likeness (QED) is 0.686. The van der Waals surface area contributed by atoms with Crippen LogP contribution in [0.3, 0.4) is 0 Å². The molecule has 0 aliphatic heterocycles. The van der Waals surface area contributed by atoms with Crippen molar-refractivity contribution in [3.05, 3.63) is 0 Å². The van der Waals surface area contributed by atoms with Gasteiger partial charge in [-0.05, 0) is 25.2 Å². The second-order valence-corrected chi connectivity index (χ2v) is 4.50. The summed E-state index contributed by atoms with van der Waals surface area (Å²) in [7, 11) is 0. The lowest BCUT2D eigenvalue weighted by Gasteiger charge is -2.24. The molecule has 0 heterocycles. The molecule has 2 N–H and O–H groups in total. The lowest BCUT2D eigenvalue weighted by molar-refractivity contribution is -0.143. The van der Waals surface area contributed by atoms with Crippen LogP contribution >= 0.6 is 0 Å². The fraction of sp³-hybridized carbons (Fsp3) is 0.909. The zero-order valence-corrected chi connectivity index (χ0v) is 8.83. The molecular weight excluding hydrogens is 180 g/mol. The highest BCUT2D eigenvalue weighted by Crippen LogP contribution is 2.33. The third kappa shape index (κ3) is 3.29. The Morgan fingerprint density at radius 3 is 2.71 bits per heavy atom. The second kappa shape index (κ2) is 4.78. The Morgan fingerprint density at radius 2 is 2.14 bits per heavy atom. The minimum Gasteiger partial charge on any atom is -0.481 e. The maximum Gasteiger partial charge on any atom is 0.306 e. The molecule has 0 bridgehead atoms. The Kier molecular flexibility index (Phi) is 3.93. The van der Waals surface area contributed by atoms with Crippen molar-refractivity contribution in [2.75, 3.05) is 0 Å². The number of rotatable bonds is 3. The molecule has 0 aromatic heterocycles. The van der Waals surface area contributed by atoms with Crippen LogP contribution in [0, 0.1) is 5.92 Å². The minimum atomic E-state index is -0.935. The number of aliphatic hydroxyl groups is 1. The highest BCUT2D eigenvalue weighted by atomic mass is 16.4. The summed E-state index contributed by atoms with van der Waals surface area (Å²) in [5.74, 6) is -0.208. The molecule has 0 radical (unpaired) electrons. The molecule has 3 heteroatoms. The molecule has 14 heavy (non-hydrogen) atoms. The van der Waals surface area contributed by atoms with E-state index in [-0.39, 0.29) is 6.42 Å². The highest BCUT2D eigenvalue weighted by Gasteiger charge is 2.32. The number of carboxylic acids is 1. The van der Waals surface area contributed by atoms with Crippen molar-refractivity contribution in [2.45, 2.75) is 57.5 Å². The largest absolute Gasteiger partial charge is 0.481 e. The first kappa shape index (κ1) is 11.5. The first-order chi connectivity index (χ1) is 6.56. The van der Waals surface area contributed by atoms with E-state index in [1.165, 1.54) is 0 Å². The van der Waals surface area contributed by atoms with E-state index in [0.29, 0.717) is 18.8 Å². The van der Waals surface area contributed by atoms with Gasteiger partial charge in [-0.1, -0.05) is 26.2 Å². The van der Waals surface area contributed by atoms with Crippen LogP contribution < -0.4 is 0 Å². The smallest absolute Gasteiger partial charge is 0.306 e. The van der Waals surface area contributed by atoms with Gasteiger partial charge in [-0.25, -0.2) is 0 Å². The maximum absolute atomic E-state index is 10.6. The Labute approximate surface area is 85.1 Å². The van der Waals surface area contributed by atoms with Gasteiger partial charge in [0.05, 0.1) is 12.0 Å². The summed E-state index contributed by atoms with van der Waals surface area (Å²) < 4.78 is 0. The Morgan fingerprint density at radius 1 is 1.43 bits per heavy atom. The molecule has 2 unspecified atom stereocenters. The van der Waals surface area contributed by atoms with Crippen LogP contribution in [0.2, 0.25) is 0 Å². The molecule has 1 aliphatic carbocycles. The van der Waals surface area contributed by atoms with Crippen LogP contribution in [0.4, 0.5) is 0 Å². The lowest BCUT2D eigenvalue weighted by atomic mass is 9.90. The molecule has 1 rings (SSSR count). The van der Waals surface area contributed by atoms with E-state index in [1.807, 2.05) is 0 Å². The molecule has 1 fully saturated rings. The van der Waals surface area contributed by atoms with Gasteiger partial charge in [-0.2, -0.15) is 0 Å². The van der Waals surface area contributed by atoms with E-state index in [9.17, 15) is 9.90 Å². The van der Waals surface area contributed by atoms with Gasteiger partial charge in [0, 0.05) is 0 Å². The number of aliphatic carboxylic acids is 1. The molecule has 0 spiro atoms.